The van der Waals surface area contributed by atoms with Gasteiger partial charge < -0.3 is 34.9 Å². The largest absolute Gasteiger partial charge is 0.444 e. The fourth-order valence-corrected chi connectivity index (χ4v) is 4.46. The number of ether oxygens (including phenoxy) is 4. The van der Waals surface area contributed by atoms with Gasteiger partial charge in [0.2, 0.25) is 0 Å². The fourth-order valence-electron chi connectivity index (χ4n) is 4.46. The first-order chi connectivity index (χ1) is 21.2. The number of carbonyl (C=O) groups is 3. The van der Waals surface area contributed by atoms with E-state index in [1.807, 2.05) is 66.7 Å². The van der Waals surface area contributed by atoms with Gasteiger partial charge in [-0.05, 0) is 97.1 Å². The van der Waals surface area contributed by atoms with Crippen LogP contribution in [0.5, 0.6) is 0 Å². The number of nitrogens with one attached hydrogen (secondary N) is 3. The van der Waals surface area contributed by atoms with Gasteiger partial charge >= 0.3 is 12.2 Å². The molecule has 0 spiro atoms. The Morgan fingerprint density at radius 2 is 1.62 bits per heavy atom. The van der Waals surface area contributed by atoms with E-state index < -0.39 is 23.4 Å². The highest BCUT2D eigenvalue weighted by Crippen LogP contribution is 2.34. The molecule has 1 aromatic heterocycles. The van der Waals surface area contributed by atoms with Crippen molar-refractivity contribution in [3.63, 3.8) is 0 Å². The predicted molar refractivity (Wildman–Crippen MR) is 174 cm³/mol. The van der Waals surface area contributed by atoms with Crippen molar-refractivity contribution in [2.45, 2.75) is 78.9 Å². The second-order valence-electron chi connectivity index (χ2n) is 12.9. The summed E-state index contributed by atoms with van der Waals surface area (Å²) in [5.74, 6) is 0.168. The molecule has 2 aromatic rings. The fraction of sp³-hybridized carbons (Fsp3) is 0.576. The number of hydrogen-bond donors (Lipinski definition) is 3. The van der Waals surface area contributed by atoms with E-state index in [4.69, 9.17) is 18.9 Å². The zero-order valence-electron chi connectivity index (χ0n) is 27.7. The van der Waals surface area contributed by atoms with Crippen LogP contribution in [0.2, 0.25) is 0 Å². The van der Waals surface area contributed by atoms with Gasteiger partial charge in [0.1, 0.15) is 17.0 Å². The lowest BCUT2D eigenvalue weighted by Gasteiger charge is -2.32. The molecule has 248 valence electrons. The number of aromatic nitrogens is 1. The molecule has 0 aliphatic carbocycles. The number of rotatable bonds is 13. The first kappa shape index (κ1) is 35.6. The number of fused-ring (bicyclic) bond motifs is 1. The first-order valence-electron chi connectivity index (χ1n) is 15.5. The van der Waals surface area contributed by atoms with Gasteiger partial charge in [-0.25, -0.2) is 14.6 Å². The molecule has 0 atom stereocenters. The van der Waals surface area contributed by atoms with Gasteiger partial charge in [0.25, 0.3) is 5.91 Å². The summed E-state index contributed by atoms with van der Waals surface area (Å²) in [6.45, 7) is 15.9. The molecule has 3 amide bonds. The molecule has 0 unspecified atom stereocenters. The predicted octanol–water partition coefficient (Wildman–Crippen LogP) is 5.69. The number of benzene rings is 1. The van der Waals surface area contributed by atoms with Crippen LogP contribution in [0.25, 0.3) is 0 Å². The van der Waals surface area contributed by atoms with Crippen LogP contribution in [0.1, 0.15) is 75.9 Å². The van der Waals surface area contributed by atoms with E-state index in [9.17, 15) is 14.4 Å². The number of amides is 3. The molecule has 0 radical (unpaired) electrons. The number of nitrogens with zero attached hydrogens (tertiary/aromatic N) is 2. The van der Waals surface area contributed by atoms with E-state index in [0.29, 0.717) is 69.6 Å². The summed E-state index contributed by atoms with van der Waals surface area (Å²) in [6, 6.07) is 7.36. The van der Waals surface area contributed by atoms with Crippen molar-refractivity contribution in [2.24, 2.45) is 0 Å². The zero-order valence-corrected chi connectivity index (χ0v) is 27.7. The summed E-state index contributed by atoms with van der Waals surface area (Å²) < 4.78 is 22.0. The Balaban J connectivity index is 1.56. The van der Waals surface area contributed by atoms with Crippen LogP contribution >= 0.6 is 0 Å². The summed E-state index contributed by atoms with van der Waals surface area (Å²) in [6.07, 6.45) is 3.00. The Morgan fingerprint density at radius 1 is 0.911 bits per heavy atom. The minimum absolute atomic E-state index is 0.291. The van der Waals surface area contributed by atoms with Crippen LogP contribution in [0.15, 0.2) is 30.5 Å². The maximum absolute atomic E-state index is 13.4. The molecule has 3 rings (SSSR count). The number of carbonyl (C=O) groups excluding carboxylic acids is 3. The summed E-state index contributed by atoms with van der Waals surface area (Å²) in [7, 11) is 0. The number of alkyl carbamates (subject to hydrolysis) is 1. The summed E-state index contributed by atoms with van der Waals surface area (Å²) >= 11 is 0. The van der Waals surface area contributed by atoms with Crippen LogP contribution in [-0.4, -0.2) is 80.3 Å². The van der Waals surface area contributed by atoms with Crippen molar-refractivity contribution in [3.8, 4) is 0 Å². The molecule has 45 heavy (non-hydrogen) atoms. The quantitative estimate of drug-likeness (QED) is 0.239. The topological polar surface area (TPSA) is 140 Å². The van der Waals surface area contributed by atoms with Gasteiger partial charge in [-0.1, -0.05) is 6.07 Å². The van der Waals surface area contributed by atoms with Crippen molar-refractivity contribution in [3.05, 3.63) is 47.2 Å². The Bertz CT molecular complexity index is 1290. The second-order valence-corrected chi connectivity index (χ2v) is 12.9. The Hall–Kier alpha value is -3.90. The average molecular weight is 628 g/mol. The minimum Gasteiger partial charge on any atom is -0.444 e. The molecule has 0 fully saturated rings. The molecule has 0 bridgehead atoms. The molecule has 3 N–H and O–H groups in total. The highest BCUT2D eigenvalue weighted by Gasteiger charge is 2.29. The summed E-state index contributed by atoms with van der Waals surface area (Å²) in [5, 5.41) is 8.90. The van der Waals surface area contributed by atoms with Crippen LogP contribution in [0, 0.1) is 6.92 Å². The standard InChI is InChI=1S/C33H49N5O7/c1-23-11-12-28(36-22-23)37-29(39)25-20-24-10-8-15-38(31(41)45-33(5,6)7)27(24)21-26(25)34-13-9-16-42-18-19-43-17-14-35-30(40)44-32(2,3)4/h11-12,20-22,34H,8-10,13-19H2,1-7H3,(H,35,40)(H,36,37,39). The maximum atomic E-state index is 13.4. The van der Waals surface area contributed by atoms with Gasteiger partial charge in [0.05, 0.1) is 31.1 Å². The molecular weight excluding hydrogens is 578 g/mol. The van der Waals surface area contributed by atoms with Crippen molar-refractivity contribution in [2.75, 3.05) is 61.6 Å². The van der Waals surface area contributed by atoms with Crippen LogP contribution in [-0.2, 0) is 25.4 Å². The lowest BCUT2D eigenvalue weighted by Crippen LogP contribution is -2.40. The molecule has 1 aliphatic heterocycles. The lowest BCUT2D eigenvalue weighted by atomic mass is 9.97. The summed E-state index contributed by atoms with van der Waals surface area (Å²) in [4.78, 5) is 44.1. The average Bonchev–Trinajstić information content (AvgIpc) is 2.94. The third kappa shape index (κ3) is 12.6. The van der Waals surface area contributed by atoms with Crippen LogP contribution in [0.4, 0.5) is 26.8 Å². The minimum atomic E-state index is -0.626. The monoisotopic (exact) mass is 627 g/mol. The SMILES string of the molecule is Cc1ccc(NC(=O)c2cc3c(cc2NCCCOCCOCCNC(=O)OC(C)(C)C)N(C(=O)OC(C)(C)C)CCC3)nc1. The second kappa shape index (κ2) is 16.4. The van der Waals surface area contributed by atoms with Crippen LogP contribution in [0.3, 0.4) is 0 Å². The van der Waals surface area contributed by atoms with Gasteiger partial charge in [-0.2, -0.15) is 0 Å². The Morgan fingerprint density at radius 3 is 2.29 bits per heavy atom. The van der Waals surface area contributed by atoms with E-state index in [2.05, 4.69) is 20.9 Å². The van der Waals surface area contributed by atoms with E-state index >= 15 is 0 Å². The zero-order chi connectivity index (χ0) is 33.0. The normalized spacial score (nSPS) is 13.1. The lowest BCUT2D eigenvalue weighted by molar-refractivity contribution is 0.0397. The molecule has 0 saturated carbocycles. The Labute approximate surface area is 266 Å². The highest BCUT2D eigenvalue weighted by atomic mass is 16.6. The van der Waals surface area contributed by atoms with Gasteiger partial charge in [0, 0.05) is 38.1 Å². The van der Waals surface area contributed by atoms with Gasteiger partial charge in [-0.15, -0.1) is 0 Å². The van der Waals surface area contributed by atoms with Crippen LogP contribution < -0.4 is 20.9 Å². The maximum Gasteiger partial charge on any atom is 0.414 e. The molecule has 12 heteroatoms. The van der Waals surface area contributed by atoms with Crippen molar-refractivity contribution in [1.82, 2.24) is 10.3 Å². The van der Waals surface area contributed by atoms with E-state index in [1.54, 1.807) is 17.2 Å². The Kier molecular flexibility index (Phi) is 13.0. The molecule has 1 aromatic carbocycles. The number of pyridine rings is 1. The van der Waals surface area contributed by atoms with E-state index in [0.717, 1.165) is 29.7 Å². The van der Waals surface area contributed by atoms with Crippen molar-refractivity contribution >= 4 is 35.3 Å². The molecule has 2 heterocycles. The number of hydrogen-bond acceptors (Lipinski definition) is 9. The van der Waals surface area contributed by atoms with E-state index in [-0.39, 0.29) is 5.91 Å². The summed E-state index contributed by atoms with van der Waals surface area (Å²) in [5.41, 5.74) is 2.54. The molecule has 12 nitrogen and oxygen atoms in total. The molecule has 1 aliphatic rings. The number of aryl methyl sites for hydroxylation is 2. The van der Waals surface area contributed by atoms with Crippen molar-refractivity contribution < 1.29 is 33.3 Å². The highest BCUT2D eigenvalue weighted by molar-refractivity contribution is 6.09. The van der Waals surface area contributed by atoms with Crippen molar-refractivity contribution in [1.29, 1.82) is 0 Å². The smallest absolute Gasteiger partial charge is 0.414 e. The van der Waals surface area contributed by atoms with Gasteiger partial charge in [-0.3, -0.25) is 9.69 Å². The number of anilines is 3. The third-order valence-corrected chi connectivity index (χ3v) is 6.42. The first-order valence-corrected chi connectivity index (χ1v) is 15.5. The van der Waals surface area contributed by atoms with E-state index in [1.165, 1.54) is 0 Å². The third-order valence-electron chi connectivity index (χ3n) is 6.42. The van der Waals surface area contributed by atoms with Gasteiger partial charge in [0.15, 0.2) is 0 Å². The molecular formula is C33H49N5O7. The molecule has 0 saturated heterocycles.